The Kier molecular flexibility index (Phi) is 6.09. The molecule has 0 spiro atoms. The SMILES string of the molecule is Cc1ccccc1-n1c(C)nnc1SC(C)C(=O)Nc1cccc(Cl)c1Cl. The van der Waals surface area contributed by atoms with Gasteiger partial charge in [0.05, 0.1) is 26.7 Å². The fourth-order valence-electron chi connectivity index (χ4n) is 2.56. The lowest BCUT2D eigenvalue weighted by Crippen LogP contribution is -2.23. The zero-order chi connectivity index (χ0) is 19.6. The van der Waals surface area contributed by atoms with E-state index in [1.54, 1.807) is 18.2 Å². The van der Waals surface area contributed by atoms with Gasteiger partial charge in [0.15, 0.2) is 5.16 Å². The number of amides is 1. The van der Waals surface area contributed by atoms with Crippen LogP contribution < -0.4 is 5.32 Å². The number of anilines is 1. The van der Waals surface area contributed by atoms with Gasteiger partial charge in [-0.25, -0.2) is 0 Å². The second-order valence-electron chi connectivity index (χ2n) is 6.00. The molecule has 3 rings (SSSR count). The summed E-state index contributed by atoms with van der Waals surface area (Å²) in [5.74, 6) is 0.568. The number of hydrogen-bond donors (Lipinski definition) is 1. The lowest BCUT2D eigenvalue weighted by atomic mass is 10.2. The van der Waals surface area contributed by atoms with Gasteiger partial charge in [-0.2, -0.15) is 0 Å². The highest BCUT2D eigenvalue weighted by Crippen LogP contribution is 2.31. The third-order valence-corrected chi connectivity index (χ3v) is 5.87. The molecule has 3 aromatic rings. The van der Waals surface area contributed by atoms with Crippen molar-refractivity contribution in [3.05, 3.63) is 63.9 Å². The van der Waals surface area contributed by atoms with Crippen molar-refractivity contribution in [3.8, 4) is 5.69 Å². The first-order valence-electron chi connectivity index (χ1n) is 8.28. The number of thioether (sulfide) groups is 1. The highest BCUT2D eigenvalue weighted by Gasteiger charge is 2.21. The first kappa shape index (κ1) is 19.7. The Labute approximate surface area is 172 Å². The van der Waals surface area contributed by atoms with Crippen LogP contribution in [0.2, 0.25) is 10.0 Å². The van der Waals surface area contributed by atoms with Crippen molar-refractivity contribution in [2.24, 2.45) is 0 Å². The van der Waals surface area contributed by atoms with E-state index in [0.717, 1.165) is 17.1 Å². The normalized spacial score (nSPS) is 12.0. The molecular formula is C19H18Cl2N4OS. The number of halogens is 2. The van der Waals surface area contributed by atoms with Crippen molar-refractivity contribution in [2.45, 2.75) is 31.2 Å². The van der Waals surface area contributed by atoms with Crippen LogP contribution in [0.15, 0.2) is 47.6 Å². The largest absolute Gasteiger partial charge is 0.324 e. The second-order valence-corrected chi connectivity index (χ2v) is 8.10. The van der Waals surface area contributed by atoms with E-state index in [9.17, 15) is 4.79 Å². The molecule has 0 radical (unpaired) electrons. The molecule has 0 saturated carbocycles. The van der Waals surface area contributed by atoms with Gasteiger partial charge in [-0.3, -0.25) is 9.36 Å². The maximum absolute atomic E-state index is 12.6. The second kappa shape index (κ2) is 8.33. The van der Waals surface area contributed by atoms with Gasteiger partial charge in [0, 0.05) is 0 Å². The standard InChI is InChI=1S/C19H18Cl2N4OS/c1-11-7-4-5-10-16(11)25-13(3)23-24-19(25)27-12(2)18(26)22-15-9-6-8-14(20)17(15)21/h4-10,12H,1-3H3,(H,22,26). The number of para-hydroxylation sites is 1. The molecule has 0 saturated heterocycles. The topological polar surface area (TPSA) is 59.8 Å². The van der Waals surface area contributed by atoms with Crippen LogP contribution in [0.1, 0.15) is 18.3 Å². The maximum Gasteiger partial charge on any atom is 0.237 e. The van der Waals surface area contributed by atoms with Gasteiger partial charge < -0.3 is 5.32 Å². The monoisotopic (exact) mass is 420 g/mol. The zero-order valence-electron chi connectivity index (χ0n) is 15.0. The van der Waals surface area contributed by atoms with Gasteiger partial charge in [0.25, 0.3) is 0 Å². The Hall–Kier alpha value is -2.02. The van der Waals surface area contributed by atoms with E-state index in [2.05, 4.69) is 15.5 Å². The van der Waals surface area contributed by atoms with Crippen molar-refractivity contribution < 1.29 is 4.79 Å². The number of carbonyl (C=O) groups is 1. The minimum Gasteiger partial charge on any atom is -0.324 e. The molecule has 2 aromatic carbocycles. The van der Waals surface area contributed by atoms with Crippen LogP contribution in [-0.4, -0.2) is 25.9 Å². The molecular weight excluding hydrogens is 403 g/mol. The highest BCUT2D eigenvalue weighted by molar-refractivity contribution is 8.00. The Morgan fingerprint density at radius 1 is 1.11 bits per heavy atom. The molecule has 1 amide bonds. The number of hydrogen-bond acceptors (Lipinski definition) is 4. The number of rotatable bonds is 5. The van der Waals surface area contributed by atoms with E-state index in [1.807, 2.05) is 49.6 Å². The summed E-state index contributed by atoms with van der Waals surface area (Å²) < 4.78 is 1.95. The Balaban J connectivity index is 1.81. The lowest BCUT2D eigenvalue weighted by molar-refractivity contribution is -0.115. The fraction of sp³-hybridized carbons (Fsp3) is 0.211. The molecule has 0 aliphatic carbocycles. The number of nitrogens with one attached hydrogen (secondary N) is 1. The molecule has 1 N–H and O–H groups in total. The summed E-state index contributed by atoms with van der Waals surface area (Å²) in [6, 6.07) is 13.1. The zero-order valence-corrected chi connectivity index (χ0v) is 17.4. The summed E-state index contributed by atoms with van der Waals surface area (Å²) in [5, 5.41) is 12.2. The molecule has 1 atom stereocenters. The summed E-state index contributed by atoms with van der Waals surface area (Å²) in [4.78, 5) is 12.6. The third-order valence-electron chi connectivity index (χ3n) is 4.01. The molecule has 140 valence electrons. The van der Waals surface area contributed by atoms with Crippen molar-refractivity contribution in [3.63, 3.8) is 0 Å². The summed E-state index contributed by atoms with van der Waals surface area (Å²) in [5.41, 5.74) is 2.58. The van der Waals surface area contributed by atoms with Gasteiger partial charge in [0.2, 0.25) is 5.91 Å². The smallest absolute Gasteiger partial charge is 0.237 e. The van der Waals surface area contributed by atoms with Crippen LogP contribution in [0.3, 0.4) is 0 Å². The van der Waals surface area contributed by atoms with Gasteiger partial charge in [-0.1, -0.05) is 59.2 Å². The minimum absolute atomic E-state index is 0.193. The molecule has 0 aliphatic heterocycles. The summed E-state index contributed by atoms with van der Waals surface area (Å²) in [6.07, 6.45) is 0. The molecule has 0 fully saturated rings. The average molecular weight is 421 g/mol. The van der Waals surface area contributed by atoms with E-state index in [1.165, 1.54) is 11.8 Å². The number of carbonyl (C=O) groups excluding carboxylic acids is 1. The summed E-state index contributed by atoms with van der Waals surface area (Å²) in [6.45, 7) is 5.73. The maximum atomic E-state index is 12.6. The predicted molar refractivity (Wildman–Crippen MR) is 111 cm³/mol. The van der Waals surface area contributed by atoms with Crippen LogP contribution in [0.5, 0.6) is 0 Å². The Morgan fingerprint density at radius 2 is 1.85 bits per heavy atom. The van der Waals surface area contributed by atoms with Crippen LogP contribution >= 0.6 is 35.0 Å². The van der Waals surface area contributed by atoms with E-state index >= 15 is 0 Å². The summed E-state index contributed by atoms with van der Waals surface area (Å²) in [7, 11) is 0. The number of benzene rings is 2. The minimum atomic E-state index is -0.411. The van der Waals surface area contributed by atoms with E-state index in [4.69, 9.17) is 23.2 Å². The molecule has 27 heavy (non-hydrogen) atoms. The van der Waals surface area contributed by atoms with Gasteiger partial charge in [-0.05, 0) is 44.5 Å². The lowest BCUT2D eigenvalue weighted by Gasteiger charge is -2.15. The Bertz CT molecular complexity index is 990. The van der Waals surface area contributed by atoms with Gasteiger partial charge in [0.1, 0.15) is 5.82 Å². The quantitative estimate of drug-likeness (QED) is 0.568. The van der Waals surface area contributed by atoms with Crippen molar-refractivity contribution in [1.82, 2.24) is 14.8 Å². The molecule has 5 nitrogen and oxygen atoms in total. The molecule has 0 bridgehead atoms. The van der Waals surface area contributed by atoms with Gasteiger partial charge >= 0.3 is 0 Å². The third kappa shape index (κ3) is 4.29. The van der Waals surface area contributed by atoms with Crippen molar-refractivity contribution >= 4 is 46.6 Å². The van der Waals surface area contributed by atoms with Crippen molar-refractivity contribution in [2.75, 3.05) is 5.32 Å². The first-order chi connectivity index (χ1) is 12.9. The van der Waals surface area contributed by atoms with Crippen LogP contribution in [-0.2, 0) is 4.79 Å². The van der Waals surface area contributed by atoms with E-state index in [0.29, 0.717) is 20.9 Å². The number of nitrogens with zero attached hydrogens (tertiary/aromatic N) is 3. The van der Waals surface area contributed by atoms with Gasteiger partial charge in [-0.15, -0.1) is 10.2 Å². The van der Waals surface area contributed by atoms with Crippen molar-refractivity contribution in [1.29, 1.82) is 0 Å². The molecule has 1 heterocycles. The Morgan fingerprint density at radius 3 is 2.59 bits per heavy atom. The average Bonchev–Trinajstić information content (AvgIpc) is 2.99. The van der Waals surface area contributed by atoms with Crippen LogP contribution in [0, 0.1) is 13.8 Å². The summed E-state index contributed by atoms with van der Waals surface area (Å²) >= 11 is 13.5. The molecule has 1 unspecified atom stereocenters. The van der Waals surface area contributed by atoms with Crippen LogP contribution in [0.25, 0.3) is 5.69 Å². The highest BCUT2D eigenvalue weighted by atomic mass is 35.5. The number of aryl methyl sites for hydroxylation is 2. The molecule has 0 aliphatic rings. The van der Waals surface area contributed by atoms with Crippen LogP contribution in [0.4, 0.5) is 5.69 Å². The van der Waals surface area contributed by atoms with E-state index in [-0.39, 0.29) is 5.91 Å². The predicted octanol–water partition coefficient (Wildman–Crippen LogP) is 5.31. The molecule has 8 heteroatoms. The fourth-order valence-corrected chi connectivity index (χ4v) is 3.81. The first-order valence-corrected chi connectivity index (χ1v) is 9.91. The van der Waals surface area contributed by atoms with E-state index < -0.39 is 5.25 Å². The number of aromatic nitrogens is 3. The molecule has 1 aromatic heterocycles.